The maximum atomic E-state index is 12.6. The molecule has 31 heavy (non-hydrogen) atoms. The Morgan fingerprint density at radius 3 is 2.48 bits per heavy atom. The maximum absolute atomic E-state index is 12.6. The van der Waals surface area contributed by atoms with Gasteiger partial charge in [-0.15, -0.1) is 11.3 Å². The summed E-state index contributed by atoms with van der Waals surface area (Å²) in [6.45, 7) is 3.99. The van der Waals surface area contributed by atoms with E-state index >= 15 is 0 Å². The van der Waals surface area contributed by atoms with Gasteiger partial charge in [-0.3, -0.25) is 4.79 Å². The summed E-state index contributed by atoms with van der Waals surface area (Å²) >= 11 is 1.39. The van der Waals surface area contributed by atoms with E-state index in [1.165, 1.54) is 24.2 Å². The van der Waals surface area contributed by atoms with Crippen molar-refractivity contribution >= 4 is 50.6 Å². The Morgan fingerprint density at radius 2 is 1.71 bits per heavy atom. The van der Waals surface area contributed by atoms with E-state index in [4.69, 9.17) is 0 Å². The van der Waals surface area contributed by atoms with Gasteiger partial charge in [0.15, 0.2) is 5.01 Å². The molecule has 0 saturated carbocycles. The molecule has 0 atom stereocenters. The molecule has 0 unspecified atom stereocenters. The molecule has 8 heteroatoms. The highest BCUT2D eigenvalue weighted by Crippen LogP contribution is 2.24. The van der Waals surface area contributed by atoms with Crippen molar-refractivity contribution in [2.24, 2.45) is 0 Å². The molecule has 4 aromatic rings. The molecule has 156 valence electrons. The molecule has 1 aliphatic heterocycles. The van der Waals surface area contributed by atoms with Crippen LogP contribution in [0.4, 0.5) is 23.1 Å². The molecule has 1 aliphatic rings. The first-order valence-corrected chi connectivity index (χ1v) is 11.1. The number of thiazole rings is 1. The molecule has 5 rings (SSSR count). The molecular weight excluding hydrogens is 408 g/mol. The molecule has 1 amide bonds. The summed E-state index contributed by atoms with van der Waals surface area (Å²) in [5, 5.41) is 6.71. The minimum absolute atomic E-state index is 0.205. The number of carbonyl (C=O) groups excluding carboxylic acids is 1. The van der Waals surface area contributed by atoms with Crippen LogP contribution in [0.15, 0.2) is 54.6 Å². The van der Waals surface area contributed by atoms with Gasteiger partial charge in [-0.25, -0.2) is 9.97 Å². The van der Waals surface area contributed by atoms with Crippen molar-refractivity contribution in [3.05, 3.63) is 65.3 Å². The van der Waals surface area contributed by atoms with Crippen molar-refractivity contribution in [3.8, 4) is 0 Å². The number of hydrogen-bond donors (Lipinski definition) is 2. The van der Waals surface area contributed by atoms with E-state index in [1.54, 1.807) is 0 Å². The number of rotatable bonds is 5. The molecule has 2 N–H and O–H groups in total. The first-order chi connectivity index (χ1) is 15.1. The molecule has 0 aliphatic carbocycles. The number of hydrogen-bond acceptors (Lipinski definition) is 7. The lowest BCUT2D eigenvalue weighted by molar-refractivity contribution is 0.102. The summed E-state index contributed by atoms with van der Waals surface area (Å²) in [6.07, 6.45) is 2.37. The van der Waals surface area contributed by atoms with Crippen LogP contribution >= 0.6 is 11.3 Å². The lowest BCUT2D eigenvalue weighted by atomic mass is 10.2. The number of aromatic nitrogens is 3. The van der Waals surface area contributed by atoms with Crippen molar-refractivity contribution < 1.29 is 4.79 Å². The zero-order valence-electron chi connectivity index (χ0n) is 17.1. The molecule has 0 bridgehead atoms. The number of para-hydroxylation sites is 1. The lowest BCUT2D eigenvalue weighted by Crippen LogP contribution is -2.21. The third-order valence-corrected chi connectivity index (χ3v) is 6.17. The van der Waals surface area contributed by atoms with Gasteiger partial charge in [0.25, 0.3) is 5.91 Å². The van der Waals surface area contributed by atoms with Gasteiger partial charge < -0.3 is 15.5 Å². The van der Waals surface area contributed by atoms with Crippen LogP contribution in [0.3, 0.4) is 0 Å². The van der Waals surface area contributed by atoms with Crippen LogP contribution in [0.5, 0.6) is 0 Å². The van der Waals surface area contributed by atoms with Crippen LogP contribution in [0.1, 0.15) is 28.3 Å². The first kappa shape index (κ1) is 19.4. The smallest absolute Gasteiger partial charge is 0.284 e. The molecule has 0 spiro atoms. The van der Waals surface area contributed by atoms with Crippen LogP contribution < -0.4 is 15.5 Å². The van der Waals surface area contributed by atoms with E-state index < -0.39 is 0 Å². The summed E-state index contributed by atoms with van der Waals surface area (Å²) in [7, 11) is 0. The molecule has 2 aromatic heterocycles. The second-order valence-electron chi connectivity index (χ2n) is 7.53. The molecule has 7 nitrogen and oxygen atoms in total. The third kappa shape index (κ3) is 4.34. The van der Waals surface area contributed by atoms with E-state index in [1.807, 2.05) is 61.5 Å². The molecule has 0 radical (unpaired) electrons. The van der Waals surface area contributed by atoms with Crippen LogP contribution in [0.25, 0.3) is 10.2 Å². The molecule has 1 saturated heterocycles. The number of fused-ring (bicyclic) bond motifs is 1. The minimum Gasteiger partial charge on any atom is -0.341 e. The van der Waals surface area contributed by atoms with Crippen molar-refractivity contribution in [1.82, 2.24) is 15.0 Å². The van der Waals surface area contributed by atoms with Crippen LogP contribution in [-0.4, -0.2) is 33.9 Å². The number of aryl methyl sites for hydroxylation is 1. The highest BCUT2D eigenvalue weighted by Gasteiger charge is 2.16. The largest absolute Gasteiger partial charge is 0.341 e. The minimum atomic E-state index is -0.205. The van der Waals surface area contributed by atoms with Gasteiger partial charge in [-0.2, -0.15) is 4.98 Å². The van der Waals surface area contributed by atoms with Crippen LogP contribution in [0.2, 0.25) is 0 Å². The van der Waals surface area contributed by atoms with E-state index in [-0.39, 0.29) is 5.91 Å². The maximum Gasteiger partial charge on any atom is 0.284 e. The number of benzene rings is 2. The van der Waals surface area contributed by atoms with Crippen molar-refractivity contribution in [3.63, 3.8) is 0 Å². The normalized spacial score (nSPS) is 13.5. The fourth-order valence-corrected chi connectivity index (χ4v) is 4.48. The van der Waals surface area contributed by atoms with Gasteiger partial charge in [0, 0.05) is 36.2 Å². The Labute approximate surface area is 184 Å². The van der Waals surface area contributed by atoms with E-state index in [9.17, 15) is 4.79 Å². The van der Waals surface area contributed by atoms with Crippen LogP contribution in [0, 0.1) is 6.92 Å². The predicted octanol–water partition coefficient (Wildman–Crippen LogP) is 4.99. The molecule has 1 fully saturated rings. The number of amides is 1. The zero-order valence-corrected chi connectivity index (χ0v) is 17.9. The number of carbonyl (C=O) groups is 1. The Hall–Kier alpha value is -3.52. The average Bonchev–Trinajstić information content (AvgIpc) is 3.45. The third-order valence-electron chi connectivity index (χ3n) is 5.13. The van der Waals surface area contributed by atoms with Crippen molar-refractivity contribution in [2.45, 2.75) is 19.8 Å². The summed E-state index contributed by atoms with van der Waals surface area (Å²) in [5.41, 5.74) is 3.37. The van der Waals surface area contributed by atoms with Gasteiger partial charge in [-0.05, 0) is 56.2 Å². The zero-order chi connectivity index (χ0) is 21.2. The predicted molar refractivity (Wildman–Crippen MR) is 126 cm³/mol. The monoisotopic (exact) mass is 430 g/mol. The quantitative estimate of drug-likeness (QED) is 0.464. The van der Waals surface area contributed by atoms with Gasteiger partial charge in [0.1, 0.15) is 5.82 Å². The van der Waals surface area contributed by atoms with Gasteiger partial charge >= 0.3 is 0 Å². The Bertz CT molecular complexity index is 1200. The fraction of sp³-hybridized carbons (Fsp3) is 0.217. The summed E-state index contributed by atoms with van der Waals surface area (Å²) in [5.74, 6) is 1.34. The number of nitrogens with one attached hydrogen (secondary N) is 2. The SMILES string of the molecule is Cc1cc(Nc2ccc(NC(=O)c3nc4ccccc4s3)cc2)nc(N2CCCC2)n1. The molecular formula is C23H22N6OS. The summed E-state index contributed by atoms with van der Waals surface area (Å²) < 4.78 is 1.00. The van der Waals surface area contributed by atoms with Crippen molar-refractivity contribution in [2.75, 3.05) is 28.6 Å². The Balaban J connectivity index is 1.27. The van der Waals surface area contributed by atoms with Gasteiger partial charge in [0.2, 0.25) is 5.95 Å². The first-order valence-electron chi connectivity index (χ1n) is 10.3. The summed E-state index contributed by atoms with van der Waals surface area (Å²) in [4.78, 5) is 28.4. The van der Waals surface area contributed by atoms with Gasteiger partial charge in [-0.1, -0.05) is 12.1 Å². The topological polar surface area (TPSA) is 83.0 Å². The van der Waals surface area contributed by atoms with Crippen LogP contribution in [-0.2, 0) is 0 Å². The summed E-state index contributed by atoms with van der Waals surface area (Å²) in [6, 6.07) is 17.2. The highest BCUT2D eigenvalue weighted by atomic mass is 32.1. The Kier molecular flexibility index (Phi) is 5.21. The number of anilines is 4. The average molecular weight is 431 g/mol. The van der Waals surface area contributed by atoms with E-state index in [0.717, 1.165) is 46.5 Å². The van der Waals surface area contributed by atoms with E-state index in [2.05, 4.69) is 30.5 Å². The van der Waals surface area contributed by atoms with Crippen molar-refractivity contribution in [1.29, 1.82) is 0 Å². The molecule has 2 aromatic carbocycles. The fourth-order valence-electron chi connectivity index (χ4n) is 3.61. The Morgan fingerprint density at radius 1 is 0.968 bits per heavy atom. The molecule has 3 heterocycles. The second kappa shape index (κ2) is 8.31. The lowest BCUT2D eigenvalue weighted by Gasteiger charge is -2.17. The number of nitrogens with zero attached hydrogens (tertiary/aromatic N) is 4. The highest BCUT2D eigenvalue weighted by molar-refractivity contribution is 7.20. The standard InChI is InChI=1S/C23H22N6OS/c1-15-14-20(28-23(24-15)29-12-4-5-13-29)25-16-8-10-17(11-9-16)26-21(30)22-27-18-6-2-3-7-19(18)31-22/h2-3,6-11,14H,4-5,12-13H2,1H3,(H,26,30)(H,24,25,28). The second-order valence-corrected chi connectivity index (χ2v) is 8.56. The van der Waals surface area contributed by atoms with Gasteiger partial charge in [0.05, 0.1) is 10.2 Å². The van der Waals surface area contributed by atoms with E-state index in [0.29, 0.717) is 10.7 Å².